The van der Waals surface area contributed by atoms with Crippen LogP contribution in [0.15, 0.2) is 54.6 Å². The second-order valence-corrected chi connectivity index (χ2v) is 5.60. The van der Waals surface area contributed by atoms with E-state index in [0.29, 0.717) is 6.54 Å². The van der Waals surface area contributed by atoms with Crippen LogP contribution in [0.1, 0.15) is 26.3 Å². The van der Waals surface area contributed by atoms with Crippen molar-refractivity contribution in [2.24, 2.45) is 0 Å². The van der Waals surface area contributed by atoms with Crippen LogP contribution in [0.2, 0.25) is 0 Å². The van der Waals surface area contributed by atoms with E-state index in [0.717, 1.165) is 17.1 Å². The molecule has 0 aromatic heterocycles. The minimum atomic E-state index is -0.196. The molecule has 106 valence electrons. The van der Waals surface area contributed by atoms with Gasteiger partial charge >= 0.3 is 0 Å². The van der Waals surface area contributed by atoms with E-state index in [1.165, 1.54) is 0 Å². The highest BCUT2D eigenvalue weighted by Crippen LogP contribution is 2.21. The Hall–Kier alpha value is -1.84. The summed E-state index contributed by atoms with van der Waals surface area (Å²) in [5, 5.41) is 0. The zero-order chi connectivity index (χ0) is 14.4. The Balaban J connectivity index is 1.94. The summed E-state index contributed by atoms with van der Waals surface area (Å²) >= 11 is 0. The molecule has 0 aliphatic carbocycles. The van der Waals surface area contributed by atoms with E-state index in [-0.39, 0.29) is 5.60 Å². The summed E-state index contributed by atoms with van der Waals surface area (Å²) in [6, 6.07) is 17.7. The third kappa shape index (κ3) is 5.03. The minimum absolute atomic E-state index is 0.196. The van der Waals surface area contributed by atoms with Gasteiger partial charge in [-0.2, -0.15) is 5.48 Å². The van der Waals surface area contributed by atoms with Crippen LogP contribution in [0.4, 0.5) is 0 Å². The maximum absolute atomic E-state index is 5.80. The minimum Gasteiger partial charge on any atom is -0.457 e. The first-order valence-electron chi connectivity index (χ1n) is 6.76. The highest BCUT2D eigenvalue weighted by atomic mass is 16.7. The summed E-state index contributed by atoms with van der Waals surface area (Å²) in [5.41, 5.74) is 3.89. The molecule has 2 aromatic carbocycles. The molecule has 0 radical (unpaired) electrons. The monoisotopic (exact) mass is 271 g/mol. The summed E-state index contributed by atoms with van der Waals surface area (Å²) in [6.07, 6.45) is 0. The van der Waals surface area contributed by atoms with Crippen LogP contribution in [0.3, 0.4) is 0 Å². The van der Waals surface area contributed by atoms with E-state index in [9.17, 15) is 0 Å². The SMILES string of the molecule is CC(C)(C)ONCc1cccc(Oc2ccccc2)c1. The Bertz CT molecular complexity index is 532. The van der Waals surface area contributed by atoms with Gasteiger partial charge in [-0.05, 0) is 50.6 Å². The Morgan fingerprint density at radius 2 is 1.60 bits per heavy atom. The molecule has 20 heavy (non-hydrogen) atoms. The largest absolute Gasteiger partial charge is 0.457 e. The number of hydrogen-bond acceptors (Lipinski definition) is 3. The maximum atomic E-state index is 5.80. The van der Waals surface area contributed by atoms with Gasteiger partial charge in [0.15, 0.2) is 0 Å². The molecule has 0 spiro atoms. The molecule has 2 aromatic rings. The van der Waals surface area contributed by atoms with Gasteiger partial charge in [0, 0.05) is 6.54 Å². The van der Waals surface area contributed by atoms with E-state index in [4.69, 9.17) is 9.57 Å². The summed E-state index contributed by atoms with van der Waals surface area (Å²) in [7, 11) is 0. The van der Waals surface area contributed by atoms with Gasteiger partial charge in [0.2, 0.25) is 0 Å². The van der Waals surface area contributed by atoms with Crippen molar-refractivity contribution in [2.45, 2.75) is 32.9 Å². The van der Waals surface area contributed by atoms with E-state index >= 15 is 0 Å². The molecule has 0 heterocycles. The van der Waals surface area contributed by atoms with Gasteiger partial charge < -0.3 is 4.74 Å². The molecular formula is C17H21NO2. The molecule has 0 saturated carbocycles. The number of benzene rings is 2. The molecule has 1 N–H and O–H groups in total. The number of para-hydroxylation sites is 1. The lowest BCUT2D eigenvalue weighted by Crippen LogP contribution is -2.28. The lowest BCUT2D eigenvalue weighted by atomic mass is 10.2. The van der Waals surface area contributed by atoms with Gasteiger partial charge in [0.05, 0.1) is 5.60 Å². The highest BCUT2D eigenvalue weighted by molar-refractivity contribution is 5.33. The number of rotatable bonds is 5. The van der Waals surface area contributed by atoms with Gasteiger partial charge in [-0.1, -0.05) is 30.3 Å². The average molecular weight is 271 g/mol. The first-order valence-corrected chi connectivity index (χ1v) is 6.76. The summed E-state index contributed by atoms with van der Waals surface area (Å²) in [4.78, 5) is 5.50. The lowest BCUT2D eigenvalue weighted by Gasteiger charge is -2.19. The molecule has 3 heteroatoms. The first-order chi connectivity index (χ1) is 9.53. The molecule has 0 amide bonds. The number of ether oxygens (including phenoxy) is 1. The topological polar surface area (TPSA) is 30.5 Å². The first kappa shape index (κ1) is 14.6. The quantitative estimate of drug-likeness (QED) is 0.822. The van der Waals surface area contributed by atoms with Crippen molar-refractivity contribution < 1.29 is 9.57 Å². The average Bonchev–Trinajstić information content (AvgIpc) is 2.39. The molecule has 0 fully saturated rings. The molecule has 0 bridgehead atoms. The fourth-order valence-electron chi connectivity index (χ4n) is 1.68. The number of nitrogens with one attached hydrogen (secondary N) is 1. The maximum Gasteiger partial charge on any atom is 0.127 e. The lowest BCUT2D eigenvalue weighted by molar-refractivity contribution is -0.0757. The van der Waals surface area contributed by atoms with Crippen molar-refractivity contribution in [2.75, 3.05) is 0 Å². The van der Waals surface area contributed by atoms with Crippen LogP contribution in [0.5, 0.6) is 11.5 Å². The molecule has 0 atom stereocenters. The zero-order valence-electron chi connectivity index (χ0n) is 12.2. The molecule has 0 saturated heterocycles. The molecule has 2 rings (SSSR count). The van der Waals surface area contributed by atoms with Crippen molar-refractivity contribution >= 4 is 0 Å². The summed E-state index contributed by atoms with van der Waals surface area (Å²) in [5.74, 6) is 1.66. The van der Waals surface area contributed by atoms with Crippen LogP contribution >= 0.6 is 0 Å². The van der Waals surface area contributed by atoms with Gasteiger partial charge in [-0.25, -0.2) is 0 Å². The smallest absolute Gasteiger partial charge is 0.127 e. The molecule has 0 aliphatic heterocycles. The van der Waals surface area contributed by atoms with Gasteiger partial charge in [-0.3, -0.25) is 4.84 Å². The van der Waals surface area contributed by atoms with Crippen LogP contribution in [-0.2, 0) is 11.4 Å². The number of hydrogen-bond donors (Lipinski definition) is 1. The van der Waals surface area contributed by atoms with Crippen molar-refractivity contribution in [3.63, 3.8) is 0 Å². The van der Waals surface area contributed by atoms with E-state index in [1.54, 1.807) is 0 Å². The van der Waals surface area contributed by atoms with Crippen LogP contribution in [-0.4, -0.2) is 5.60 Å². The number of hydroxylamine groups is 1. The zero-order valence-corrected chi connectivity index (χ0v) is 12.2. The van der Waals surface area contributed by atoms with Crippen LogP contribution < -0.4 is 10.2 Å². The van der Waals surface area contributed by atoms with Crippen molar-refractivity contribution in [1.29, 1.82) is 0 Å². The normalized spacial score (nSPS) is 11.3. The van der Waals surface area contributed by atoms with Gasteiger partial charge in [-0.15, -0.1) is 0 Å². The summed E-state index contributed by atoms with van der Waals surface area (Å²) < 4.78 is 5.80. The van der Waals surface area contributed by atoms with E-state index in [1.807, 2.05) is 75.4 Å². The second-order valence-electron chi connectivity index (χ2n) is 5.60. The van der Waals surface area contributed by atoms with Crippen LogP contribution in [0, 0.1) is 0 Å². The molecular weight excluding hydrogens is 250 g/mol. The Labute approximate surface area is 120 Å². The molecule has 3 nitrogen and oxygen atoms in total. The summed E-state index contributed by atoms with van der Waals surface area (Å²) in [6.45, 7) is 6.67. The predicted octanol–water partition coefficient (Wildman–Crippen LogP) is 4.30. The highest BCUT2D eigenvalue weighted by Gasteiger charge is 2.09. The van der Waals surface area contributed by atoms with Crippen molar-refractivity contribution in [3.8, 4) is 11.5 Å². The van der Waals surface area contributed by atoms with Crippen LogP contribution in [0.25, 0.3) is 0 Å². The third-order valence-electron chi connectivity index (χ3n) is 2.53. The van der Waals surface area contributed by atoms with E-state index < -0.39 is 0 Å². The van der Waals surface area contributed by atoms with Gasteiger partial charge in [0.25, 0.3) is 0 Å². The van der Waals surface area contributed by atoms with Crippen molar-refractivity contribution in [3.05, 3.63) is 60.2 Å². The molecule has 0 aliphatic rings. The second kappa shape index (κ2) is 6.55. The van der Waals surface area contributed by atoms with Gasteiger partial charge in [0.1, 0.15) is 11.5 Å². The standard InChI is InChI=1S/C17H21NO2/c1-17(2,3)20-18-13-14-8-7-11-16(12-14)19-15-9-5-4-6-10-15/h4-12,18H,13H2,1-3H3. The fourth-order valence-corrected chi connectivity index (χ4v) is 1.68. The third-order valence-corrected chi connectivity index (χ3v) is 2.53. The van der Waals surface area contributed by atoms with E-state index in [2.05, 4.69) is 5.48 Å². The Morgan fingerprint density at radius 3 is 2.30 bits per heavy atom. The Morgan fingerprint density at radius 1 is 0.900 bits per heavy atom. The predicted molar refractivity (Wildman–Crippen MR) is 80.6 cm³/mol. The van der Waals surface area contributed by atoms with Crippen molar-refractivity contribution in [1.82, 2.24) is 5.48 Å². The fraction of sp³-hybridized carbons (Fsp3) is 0.294. The Kier molecular flexibility index (Phi) is 4.77. The molecule has 0 unspecified atom stereocenters.